The number of aryl methyl sites for hydroxylation is 1. The maximum Gasteiger partial charge on any atom is 0.258 e. The fourth-order valence-corrected chi connectivity index (χ4v) is 4.96. The van der Waals surface area contributed by atoms with E-state index < -0.39 is 11.9 Å². The van der Waals surface area contributed by atoms with Crippen molar-refractivity contribution in [2.75, 3.05) is 10.2 Å². The Labute approximate surface area is 195 Å². The lowest BCUT2D eigenvalue weighted by Gasteiger charge is -2.39. The van der Waals surface area contributed by atoms with Crippen molar-refractivity contribution >= 4 is 40.6 Å². The van der Waals surface area contributed by atoms with Gasteiger partial charge in [0.05, 0.1) is 27.5 Å². The smallest absolute Gasteiger partial charge is 0.258 e. The SMILES string of the molecule is CC1=C(C(=O)N2c3c(F)cccc3CCC2C)C(c2ccc(Cl)c(Cl)c2)n2nccc2N1. The van der Waals surface area contributed by atoms with E-state index in [-0.39, 0.29) is 11.9 Å². The highest BCUT2D eigenvalue weighted by Gasteiger charge is 2.39. The molecule has 3 aromatic rings. The number of carbonyl (C=O) groups excluding carboxylic acids is 1. The Morgan fingerprint density at radius 3 is 2.78 bits per heavy atom. The van der Waals surface area contributed by atoms with Crippen LogP contribution in [-0.4, -0.2) is 21.7 Å². The molecule has 8 heteroatoms. The molecule has 1 N–H and O–H groups in total. The predicted octanol–water partition coefficient (Wildman–Crippen LogP) is 5.99. The Balaban J connectivity index is 1.67. The average molecular weight is 471 g/mol. The molecule has 32 heavy (non-hydrogen) atoms. The molecule has 5 rings (SSSR count). The Bertz CT molecular complexity index is 1270. The highest BCUT2D eigenvalue weighted by molar-refractivity contribution is 6.42. The standard InChI is InChI=1S/C24H21Cl2FN4O/c1-13-6-7-15-4-3-5-19(27)22(15)30(13)24(32)21-14(2)29-20-10-11-28-31(20)23(21)16-8-9-17(25)18(26)12-16/h3-5,8-13,23,29H,6-7H2,1-2H3. The molecule has 5 nitrogen and oxygen atoms in total. The number of anilines is 2. The molecule has 0 fully saturated rings. The van der Waals surface area contributed by atoms with E-state index in [0.717, 1.165) is 29.8 Å². The summed E-state index contributed by atoms with van der Waals surface area (Å²) in [4.78, 5) is 15.7. The van der Waals surface area contributed by atoms with Crippen molar-refractivity contribution in [3.63, 3.8) is 0 Å². The molecule has 0 spiro atoms. The minimum Gasteiger partial charge on any atom is -0.344 e. The lowest BCUT2D eigenvalue weighted by molar-refractivity contribution is -0.116. The third-order valence-electron chi connectivity index (χ3n) is 6.20. The molecule has 2 unspecified atom stereocenters. The minimum atomic E-state index is -0.534. The molecule has 1 aromatic heterocycles. The third kappa shape index (κ3) is 3.29. The van der Waals surface area contributed by atoms with Crippen molar-refractivity contribution in [1.82, 2.24) is 9.78 Å². The van der Waals surface area contributed by atoms with Crippen LogP contribution in [0.3, 0.4) is 0 Å². The summed E-state index contributed by atoms with van der Waals surface area (Å²) < 4.78 is 16.7. The van der Waals surface area contributed by atoms with Crippen molar-refractivity contribution in [3.05, 3.63) is 86.9 Å². The largest absolute Gasteiger partial charge is 0.344 e. The molecule has 2 aromatic carbocycles. The molecule has 2 atom stereocenters. The number of fused-ring (bicyclic) bond motifs is 2. The van der Waals surface area contributed by atoms with Crippen LogP contribution in [0.4, 0.5) is 15.9 Å². The lowest BCUT2D eigenvalue weighted by Crippen LogP contribution is -2.46. The normalized spacial score (nSPS) is 20.0. The second-order valence-corrected chi connectivity index (χ2v) is 9.03. The van der Waals surface area contributed by atoms with Gasteiger partial charge in [0.2, 0.25) is 0 Å². The van der Waals surface area contributed by atoms with Crippen molar-refractivity contribution in [3.8, 4) is 0 Å². The van der Waals surface area contributed by atoms with E-state index in [1.165, 1.54) is 6.07 Å². The summed E-state index contributed by atoms with van der Waals surface area (Å²) >= 11 is 12.5. The molecular weight excluding hydrogens is 450 g/mol. The number of hydrogen-bond donors (Lipinski definition) is 1. The maximum absolute atomic E-state index is 15.0. The van der Waals surface area contributed by atoms with Gasteiger partial charge in [-0.05, 0) is 56.0 Å². The van der Waals surface area contributed by atoms with Gasteiger partial charge in [-0.2, -0.15) is 5.10 Å². The predicted molar refractivity (Wildman–Crippen MR) is 125 cm³/mol. The van der Waals surface area contributed by atoms with Gasteiger partial charge in [-0.3, -0.25) is 4.79 Å². The van der Waals surface area contributed by atoms with Gasteiger partial charge in [-0.1, -0.05) is 41.4 Å². The van der Waals surface area contributed by atoms with E-state index in [2.05, 4.69) is 10.4 Å². The molecule has 0 saturated heterocycles. The number of para-hydroxylation sites is 1. The highest BCUT2D eigenvalue weighted by Crippen LogP contribution is 2.41. The summed E-state index contributed by atoms with van der Waals surface area (Å²) in [5.41, 5.74) is 3.14. The van der Waals surface area contributed by atoms with Gasteiger partial charge in [0.15, 0.2) is 0 Å². The molecule has 0 aliphatic carbocycles. The Hall–Kier alpha value is -2.83. The van der Waals surface area contributed by atoms with Crippen LogP contribution in [0.25, 0.3) is 0 Å². The molecule has 0 saturated carbocycles. The topological polar surface area (TPSA) is 50.2 Å². The highest BCUT2D eigenvalue weighted by atomic mass is 35.5. The summed E-state index contributed by atoms with van der Waals surface area (Å²) in [7, 11) is 0. The van der Waals surface area contributed by atoms with E-state index in [9.17, 15) is 9.18 Å². The number of hydrogen-bond acceptors (Lipinski definition) is 3. The van der Waals surface area contributed by atoms with Crippen LogP contribution in [-0.2, 0) is 11.2 Å². The number of halogens is 3. The third-order valence-corrected chi connectivity index (χ3v) is 6.94. The van der Waals surface area contributed by atoms with Gasteiger partial charge in [0.25, 0.3) is 5.91 Å². The quantitative estimate of drug-likeness (QED) is 0.500. The van der Waals surface area contributed by atoms with Gasteiger partial charge in [0, 0.05) is 17.8 Å². The minimum absolute atomic E-state index is 0.152. The van der Waals surface area contributed by atoms with E-state index in [0.29, 0.717) is 27.0 Å². The zero-order valence-electron chi connectivity index (χ0n) is 17.6. The number of rotatable bonds is 2. The van der Waals surface area contributed by atoms with Crippen LogP contribution >= 0.6 is 23.2 Å². The van der Waals surface area contributed by atoms with Crippen LogP contribution in [0.5, 0.6) is 0 Å². The molecule has 164 valence electrons. The van der Waals surface area contributed by atoms with E-state index in [1.54, 1.807) is 34.0 Å². The zero-order chi connectivity index (χ0) is 22.6. The summed E-state index contributed by atoms with van der Waals surface area (Å²) in [6.07, 6.45) is 3.16. The molecule has 3 heterocycles. The first-order valence-electron chi connectivity index (χ1n) is 10.4. The lowest BCUT2D eigenvalue weighted by atomic mass is 9.91. The van der Waals surface area contributed by atoms with Crippen molar-refractivity contribution in [2.24, 2.45) is 0 Å². The molecule has 2 aliphatic heterocycles. The van der Waals surface area contributed by atoms with Gasteiger partial charge < -0.3 is 10.2 Å². The number of nitrogens with zero attached hydrogens (tertiary/aromatic N) is 3. The van der Waals surface area contributed by atoms with E-state index in [1.807, 2.05) is 32.0 Å². The summed E-state index contributed by atoms with van der Waals surface area (Å²) in [5, 5.41) is 8.55. The monoisotopic (exact) mass is 470 g/mol. The summed E-state index contributed by atoms with van der Waals surface area (Å²) in [6.45, 7) is 3.80. The maximum atomic E-state index is 15.0. The first kappa shape index (κ1) is 21.0. The fourth-order valence-electron chi connectivity index (χ4n) is 4.65. The Morgan fingerprint density at radius 1 is 1.19 bits per heavy atom. The molecule has 1 amide bonds. The Kier molecular flexibility index (Phi) is 5.22. The van der Waals surface area contributed by atoms with Crippen molar-refractivity contribution in [2.45, 2.75) is 38.8 Å². The first-order valence-corrected chi connectivity index (χ1v) is 11.2. The molecule has 2 aliphatic rings. The number of allylic oxidation sites excluding steroid dienone is 1. The zero-order valence-corrected chi connectivity index (χ0v) is 19.1. The van der Waals surface area contributed by atoms with Crippen LogP contribution in [0.1, 0.15) is 37.4 Å². The Morgan fingerprint density at radius 2 is 2.00 bits per heavy atom. The van der Waals surface area contributed by atoms with E-state index >= 15 is 0 Å². The van der Waals surface area contributed by atoms with Crippen molar-refractivity contribution < 1.29 is 9.18 Å². The number of amides is 1. The van der Waals surface area contributed by atoms with Crippen LogP contribution in [0.15, 0.2) is 59.9 Å². The second kappa shape index (κ2) is 7.94. The summed E-state index contributed by atoms with van der Waals surface area (Å²) in [6, 6.07) is 11.4. The second-order valence-electron chi connectivity index (χ2n) is 8.21. The van der Waals surface area contributed by atoms with Gasteiger partial charge in [0.1, 0.15) is 17.7 Å². The molecule has 0 bridgehead atoms. The molecule has 0 radical (unpaired) electrons. The van der Waals surface area contributed by atoms with Gasteiger partial charge in [-0.15, -0.1) is 0 Å². The average Bonchev–Trinajstić information content (AvgIpc) is 3.23. The first-order chi connectivity index (χ1) is 15.4. The van der Waals surface area contributed by atoms with Gasteiger partial charge >= 0.3 is 0 Å². The van der Waals surface area contributed by atoms with Crippen LogP contribution < -0.4 is 10.2 Å². The fraction of sp³-hybridized carbons (Fsp3) is 0.250. The number of nitrogens with one attached hydrogen (secondary N) is 1. The number of carbonyl (C=O) groups is 1. The van der Waals surface area contributed by atoms with Crippen LogP contribution in [0.2, 0.25) is 10.0 Å². The number of aromatic nitrogens is 2. The van der Waals surface area contributed by atoms with Crippen LogP contribution in [0, 0.1) is 5.82 Å². The van der Waals surface area contributed by atoms with E-state index in [4.69, 9.17) is 23.2 Å². The van der Waals surface area contributed by atoms with Crippen molar-refractivity contribution in [1.29, 1.82) is 0 Å². The van der Waals surface area contributed by atoms with Gasteiger partial charge in [-0.25, -0.2) is 9.07 Å². The molecular formula is C24H21Cl2FN4O. The summed E-state index contributed by atoms with van der Waals surface area (Å²) in [5.74, 6) is 0.106. The number of benzene rings is 2.